The molecule has 1 heterocycles. The summed E-state index contributed by atoms with van der Waals surface area (Å²) in [4.78, 5) is 13.6. The standard InChI is InChI=1S/C24H20O5/c1-26-16-10-8-15(9-11-16)19-12-17(27-2)13-22(28-3)23(19)24(25)20-14-29-21-7-5-4-6-18(20)21/h4-14H,1-3H3. The lowest BCUT2D eigenvalue weighted by atomic mass is 9.92. The molecule has 0 aliphatic heterocycles. The molecule has 5 nitrogen and oxygen atoms in total. The Hall–Kier alpha value is -3.73. The van der Waals surface area contributed by atoms with Gasteiger partial charge in [0.15, 0.2) is 0 Å². The van der Waals surface area contributed by atoms with Crippen molar-refractivity contribution in [3.8, 4) is 28.4 Å². The van der Waals surface area contributed by atoms with Crippen LogP contribution in [0.3, 0.4) is 0 Å². The number of hydrogen-bond donors (Lipinski definition) is 0. The molecule has 0 bridgehead atoms. The highest BCUT2D eigenvalue weighted by Gasteiger charge is 2.24. The number of carbonyl (C=O) groups is 1. The molecular weight excluding hydrogens is 368 g/mol. The van der Waals surface area contributed by atoms with Gasteiger partial charge in [0.2, 0.25) is 5.78 Å². The van der Waals surface area contributed by atoms with Crippen LogP contribution in [0.1, 0.15) is 15.9 Å². The molecule has 0 amide bonds. The van der Waals surface area contributed by atoms with Gasteiger partial charge >= 0.3 is 0 Å². The van der Waals surface area contributed by atoms with Crippen LogP contribution in [0.4, 0.5) is 0 Å². The normalized spacial score (nSPS) is 10.7. The second-order valence-electron chi connectivity index (χ2n) is 6.46. The number of ketones is 1. The van der Waals surface area contributed by atoms with Crippen molar-refractivity contribution in [2.24, 2.45) is 0 Å². The van der Waals surface area contributed by atoms with Crippen LogP contribution in [0, 0.1) is 0 Å². The molecule has 0 unspecified atom stereocenters. The maximum atomic E-state index is 13.6. The average molecular weight is 388 g/mol. The number of methoxy groups -OCH3 is 3. The van der Waals surface area contributed by atoms with Crippen molar-refractivity contribution in [2.75, 3.05) is 21.3 Å². The highest BCUT2D eigenvalue weighted by Crippen LogP contribution is 2.38. The van der Waals surface area contributed by atoms with Crippen molar-refractivity contribution < 1.29 is 23.4 Å². The van der Waals surface area contributed by atoms with Gasteiger partial charge in [0, 0.05) is 17.0 Å². The number of carbonyl (C=O) groups excluding carboxylic acids is 1. The van der Waals surface area contributed by atoms with Crippen LogP contribution in [0.2, 0.25) is 0 Å². The van der Waals surface area contributed by atoms with Crippen LogP contribution < -0.4 is 14.2 Å². The molecular formula is C24H20O5. The summed E-state index contributed by atoms with van der Waals surface area (Å²) in [5, 5.41) is 0.760. The van der Waals surface area contributed by atoms with Gasteiger partial charge in [-0.3, -0.25) is 4.79 Å². The zero-order chi connectivity index (χ0) is 20.4. The minimum absolute atomic E-state index is 0.180. The summed E-state index contributed by atoms with van der Waals surface area (Å²) in [6.45, 7) is 0. The largest absolute Gasteiger partial charge is 0.497 e. The number of hydrogen-bond acceptors (Lipinski definition) is 5. The third-order valence-corrected chi connectivity index (χ3v) is 4.88. The van der Waals surface area contributed by atoms with Gasteiger partial charge in [0.05, 0.1) is 32.5 Å². The average Bonchev–Trinajstić information content (AvgIpc) is 3.22. The van der Waals surface area contributed by atoms with Crippen LogP contribution in [-0.2, 0) is 0 Å². The molecule has 1 aromatic heterocycles. The Bertz CT molecular complexity index is 1170. The number of benzene rings is 3. The Morgan fingerprint density at radius 2 is 1.55 bits per heavy atom. The molecule has 5 heteroatoms. The summed E-state index contributed by atoms with van der Waals surface area (Å²) in [5.74, 6) is 1.59. The molecule has 4 aromatic rings. The first-order chi connectivity index (χ1) is 14.2. The maximum absolute atomic E-state index is 13.6. The van der Waals surface area contributed by atoms with Gasteiger partial charge in [-0.2, -0.15) is 0 Å². The Kier molecular flexibility index (Phi) is 4.96. The monoisotopic (exact) mass is 388 g/mol. The van der Waals surface area contributed by atoms with E-state index in [2.05, 4.69) is 0 Å². The first kappa shape index (κ1) is 18.6. The number of fused-ring (bicyclic) bond motifs is 1. The summed E-state index contributed by atoms with van der Waals surface area (Å²) < 4.78 is 21.8. The molecule has 0 aliphatic carbocycles. The Balaban J connectivity index is 1.94. The second kappa shape index (κ2) is 7.72. The first-order valence-corrected chi connectivity index (χ1v) is 9.07. The van der Waals surface area contributed by atoms with Gasteiger partial charge in [-0.1, -0.05) is 30.3 Å². The van der Waals surface area contributed by atoms with Crippen LogP contribution in [0.15, 0.2) is 71.3 Å². The van der Waals surface area contributed by atoms with E-state index in [1.807, 2.05) is 54.6 Å². The quantitative estimate of drug-likeness (QED) is 0.416. The van der Waals surface area contributed by atoms with Crippen molar-refractivity contribution in [3.05, 3.63) is 78.1 Å². The molecule has 0 saturated carbocycles. The van der Waals surface area contributed by atoms with E-state index in [1.54, 1.807) is 20.3 Å². The molecule has 146 valence electrons. The first-order valence-electron chi connectivity index (χ1n) is 9.07. The van der Waals surface area contributed by atoms with Crippen LogP contribution >= 0.6 is 0 Å². The number of rotatable bonds is 6. The van der Waals surface area contributed by atoms with Gasteiger partial charge in [-0.15, -0.1) is 0 Å². The van der Waals surface area contributed by atoms with E-state index in [0.29, 0.717) is 33.8 Å². The lowest BCUT2D eigenvalue weighted by molar-refractivity contribution is 0.103. The van der Waals surface area contributed by atoms with E-state index >= 15 is 0 Å². The molecule has 0 fully saturated rings. The summed E-state index contributed by atoms with van der Waals surface area (Å²) >= 11 is 0. The Morgan fingerprint density at radius 3 is 2.24 bits per heavy atom. The van der Waals surface area contributed by atoms with E-state index in [-0.39, 0.29) is 5.78 Å². The van der Waals surface area contributed by atoms with E-state index in [0.717, 1.165) is 16.7 Å². The van der Waals surface area contributed by atoms with Crippen LogP contribution in [-0.4, -0.2) is 27.1 Å². The fourth-order valence-electron chi connectivity index (χ4n) is 3.39. The van der Waals surface area contributed by atoms with Gasteiger partial charge in [-0.25, -0.2) is 0 Å². The molecule has 0 saturated heterocycles. The van der Waals surface area contributed by atoms with E-state index < -0.39 is 0 Å². The molecule has 3 aromatic carbocycles. The molecule has 4 rings (SSSR count). The maximum Gasteiger partial charge on any atom is 0.201 e. The highest BCUT2D eigenvalue weighted by molar-refractivity contribution is 6.20. The third-order valence-electron chi connectivity index (χ3n) is 4.88. The van der Waals surface area contributed by atoms with Crippen LogP contribution in [0.25, 0.3) is 22.1 Å². The predicted molar refractivity (Wildman–Crippen MR) is 111 cm³/mol. The van der Waals surface area contributed by atoms with Gasteiger partial charge in [0.1, 0.15) is 29.1 Å². The van der Waals surface area contributed by atoms with Gasteiger partial charge in [0.25, 0.3) is 0 Å². The molecule has 0 radical (unpaired) electrons. The van der Waals surface area contributed by atoms with Crippen molar-refractivity contribution in [1.82, 2.24) is 0 Å². The Labute approximate surface area is 168 Å². The van der Waals surface area contributed by atoms with Crippen LogP contribution in [0.5, 0.6) is 17.2 Å². The summed E-state index contributed by atoms with van der Waals surface area (Å²) in [6, 6.07) is 18.5. The fourth-order valence-corrected chi connectivity index (χ4v) is 3.39. The van der Waals surface area contributed by atoms with Gasteiger partial charge < -0.3 is 18.6 Å². The number of furan rings is 1. The van der Waals surface area contributed by atoms with E-state index in [1.165, 1.54) is 13.4 Å². The number of ether oxygens (including phenoxy) is 3. The van der Waals surface area contributed by atoms with Crippen molar-refractivity contribution >= 4 is 16.8 Å². The Morgan fingerprint density at radius 1 is 0.828 bits per heavy atom. The summed E-state index contributed by atoms with van der Waals surface area (Å²) in [6.07, 6.45) is 1.49. The molecule has 0 atom stereocenters. The molecule has 0 N–H and O–H groups in total. The van der Waals surface area contributed by atoms with Crippen molar-refractivity contribution in [1.29, 1.82) is 0 Å². The smallest absolute Gasteiger partial charge is 0.201 e. The van der Waals surface area contributed by atoms with E-state index in [4.69, 9.17) is 18.6 Å². The second-order valence-corrected chi connectivity index (χ2v) is 6.46. The van der Waals surface area contributed by atoms with Gasteiger partial charge in [-0.05, 0) is 29.8 Å². The lowest BCUT2D eigenvalue weighted by Crippen LogP contribution is -2.06. The highest BCUT2D eigenvalue weighted by atomic mass is 16.5. The summed E-state index contributed by atoms with van der Waals surface area (Å²) in [7, 11) is 4.73. The molecule has 29 heavy (non-hydrogen) atoms. The zero-order valence-corrected chi connectivity index (χ0v) is 16.4. The molecule has 0 spiro atoms. The summed E-state index contributed by atoms with van der Waals surface area (Å²) in [5.41, 5.74) is 3.15. The minimum atomic E-state index is -0.180. The zero-order valence-electron chi connectivity index (χ0n) is 16.4. The van der Waals surface area contributed by atoms with Crippen molar-refractivity contribution in [2.45, 2.75) is 0 Å². The minimum Gasteiger partial charge on any atom is -0.497 e. The van der Waals surface area contributed by atoms with Crippen molar-refractivity contribution in [3.63, 3.8) is 0 Å². The van der Waals surface area contributed by atoms with E-state index in [9.17, 15) is 4.79 Å². The molecule has 0 aliphatic rings. The number of para-hydroxylation sites is 1. The SMILES string of the molecule is COc1ccc(-c2cc(OC)cc(OC)c2C(=O)c2coc3ccccc23)cc1. The fraction of sp³-hybridized carbons (Fsp3) is 0.125. The third kappa shape index (κ3) is 3.31. The lowest BCUT2D eigenvalue weighted by Gasteiger charge is -2.15. The predicted octanol–water partition coefficient (Wildman–Crippen LogP) is 5.36. The topological polar surface area (TPSA) is 57.9 Å².